The lowest BCUT2D eigenvalue weighted by Gasteiger charge is -2.09. The second-order valence-corrected chi connectivity index (χ2v) is 7.13. The first-order chi connectivity index (χ1) is 11.7. The largest absolute Gasteiger partial charge is 0.416 e. The minimum atomic E-state index is -4.36. The highest BCUT2D eigenvalue weighted by Gasteiger charge is 2.30. The Balaban J connectivity index is 1.89. The maximum Gasteiger partial charge on any atom is 0.416 e. The van der Waals surface area contributed by atoms with Crippen LogP contribution in [0, 0.1) is 20.8 Å². The molecule has 1 aromatic heterocycles. The number of rotatable bonds is 3. The minimum absolute atomic E-state index is 0.371. The number of aryl methyl sites for hydroxylation is 3. The summed E-state index contributed by atoms with van der Waals surface area (Å²) in [6, 6.07) is 11.3. The Labute approximate surface area is 148 Å². The van der Waals surface area contributed by atoms with Crippen LogP contribution in [0.4, 0.5) is 24.0 Å². The standard InChI is InChI=1S/C19H17F3N2S/c1-11-7-8-14(9-12(11)2)17-13(3)25-18(24-17)23-16-6-4-5-15(10-16)19(20,21)22/h4-10H,1-3H3,(H,23,24). The van der Waals surface area contributed by atoms with Crippen molar-refractivity contribution in [3.63, 3.8) is 0 Å². The summed E-state index contributed by atoms with van der Waals surface area (Å²) < 4.78 is 38.5. The van der Waals surface area contributed by atoms with Crippen LogP contribution in [0.1, 0.15) is 21.6 Å². The van der Waals surface area contributed by atoms with Gasteiger partial charge in [-0.3, -0.25) is 0 Å². The number of halogens is 3. The molecule has 0 aliphatic heterocycles. The van der Waals surface area contributed by atoms with Crippen molar-refractivity contribution in [2.75, 3.05) is 5.32 Å². The van der Waals surface area contributed by atoms with Gasteiger partial charge in [0.15, 0.2) is 5.13 Å². The van der Waals surface area contributed by atoms with E-state index in [2.05, 4.69) is 16.4 Å². The van der Waals surface area contributed by atoms with E-state index in [0.29, 0.717) is 10.8 Å². The Morgan fingerprint density at radius 2 is 1.72 bits per heavy atom. The first-order valence-electron chi connectivity index (χ1n) is 7.73. The minimum Gasteiger partial charge on any atom is -0.332 e. The number of benzene rings is 2. The smallest absolute Gasteiger partial charge is 0.332 e. The van der Waals surface area contributed by atoms with Crippen molar-refractivity contribution in [3.8, 4) is 11.3 Å². The second-order valence-electron chi connectivity index (χ2n) is 5.93. The number of anilines is 2. The van der Waals surface area contributed by atoms with Gasteiger partial charge in [-0.15, -0.1) is 11.3 Å². The maximum absolute atomic E-state index is 12.8. The van der Waals surface area contributed by atoms with Gasteiger partial charge < -0.3 is 5.32 Å². The molecule has 1 N–H and O–H groups in total. The van der Waals surface area contributed by atoms with Crippen molar-refractivity contribution in [1.82, 2.24) is 4.98 Å². The number of hydrogen-bond acceptors (Lipinski definition) is 3. The first kappa shape index (κ1) is 17.5. The van der Waals surface area contributed by atoms with Gasteiger partial charge in [0.2, 0.25) is 0 Å². The van der Waals surface area contributed by atoms with E-state index in [4.69, 9.17) is 0 Å². The van der Waals surface area contributed by atoms with E-state index < -0.39 is 11.7 Å². The van der Waals surface area contributed by atoms with Crippen LogP contribution in [0.15, 0.2) is 42.5 Å². The molecule has 0 amide bonds. The van der Waals surface area contributed by atoms with Crippen molar-refractivity contribution in [3.05, 3.63) is 64.0 Å². The second kappa shape index (κ2) is 6.52. The molecule has 0 spiro atoms. The van der Waals surface area contributed by atoms with Crippen LogP contribution in [0.3, 0.4) is 0 Å². The number of aromatic nitrogens is 1. The van der Waals surface area contributed by atoms with E-state index in [9.17, 15) is 13.2 Å². The molecule has 0 aliphatic rings. The van der Waals surface area contributed by atoms with Crippen molar-refractivity contribution < 1.29 is 13.2 Å². The van der Waals surface area contributed by atoms with E-state index in [-0.39, 0.29) is 0 Å². The van der Waals surface area contributed by atoms with Crippen LogP contribution in [0.25, 0.3) is 11.3 Å². The molecular formula is C19H17F3N2S. The molecule has 0 aliphatic carbocycles. The zero-order valence-corrected chi connectivity index (χ0v) is 14.8. The van der Waals surface area contributed by atoms with Crippen molar-refractivity contribution in [1.29, 1.82) is 0 Å². The highest BCUT2D eigenvalue weighted by atomic mass is 32.1. The zero-order valence-electron chi connectivity index (χ0n) is 14.0. The molecule has 0 bridgehead atoms. The van der Waals surface area contributed by atoms with E-state index in [1.807, 2.05) is 32.9 Å². The van der Waals surface area contributed by atoms with E-state index in [1.165, 1.54) is 28.5 Å². The summed E-state index contributed by atoms with van der Waals surface area (Å²) in [5.41, 5.74) is 3.93. The van der Waals surface area contributed by atoms with E-state index >= 15 is 0 Å². The predicted octanol–water partition coefficient (Wildman–Crippen LogP) is 6.50. The Morgan fingerprint density at radius 1 is 0.960 bits per heavy atom. The quantitative estimate of drug-likeness (QED) is 0.575. The summed E-state index contributed by atoms with van der Waals surface area (Å²) in [6.45, 7) is 6.05. The maximum atomic E-state index is 12.8. The van der Waals surface area contributed by atoms with Crippen LogP contribution >= 0.6 is 11.3 Å². The van der Waals surface area contributed by atoms with Crippen LogP contribution in [0.5, 0.6) is 0 Å². The highest BCUT2D eigenvalue weighted by Crippen LogP contribution is 2.34. The van der Waals surface area contributed by atoms with Crippen LogP contribution < -0.4 is 5.32 Å². The molecule has 0 saturated carbocycles. The zero-order chi connectivity index (χ0) is 18.2. The van der Waals surface area contributed by atoms with Gasteiger partial charge in [-0.1, -0.05) is 18.2 Å². The number of nitrogens with zero attached hydrogens (tertiary/aromatic N) is 1. The van der Waals surface area contributed by atoms with Gasteiger partial charge in [-0.05, 0) is 56.2 Å². The van der Waals surface area contributed by atoms with Gasteiger partial charge in [-0.2, -0.15) is 13.2 Å². The van der Waals surface area contributed by atoms with E-state index in [1.54, 1.807) is 6.07 Å². The Hall–Kier alpha value is -2.34. The van der Waals surface area contributed by atoms with Gasteiger partial charge >= 0.3 is 6.18 Å². The Morgan fingerprint density at radius 3 is 2.40 bits per heavy atom. The molecular weight excluding hydrogens is 345 g/mol. The SMILES string of the molecule is Cc1ccc(-c2nc(Nc3cccc(C(F)(F)F)c3)sc2C)cc1C. The molecule has 3 aromatic rings. The number of hydrogen-bond donors (Lipinski definition) is 1. The molecule has 6 heteroatoms. The third-order valence-corrected chi connectivity index (χ3v) is 4.90. The lowest BCUT2D eigenvalue weighted by molar-refractivity contribution is -0.137. The van der Waals surface area contributed by atoms with Crippen LogP contribution in [-0.4, -0.2) is 4.98 Å². The molecule has 130 valence electrons. The van der Waals surface area contributed by atoms with Crippen molar-refractivity contribution >= 4 is 22.2 Å². The fraction of sp³-hybridized carbons (Fsp3) is 0.211. The monoisotopic (exact) mass is 362 g/mol. The molecule has 0 saturated heterocycles. The number of alkyl halides is 3. The summed E-state index contributed by atoms with van der Waals surface area (Å²) in [5, 5.41) is 3.55. The van der Waals surface area contributed by atoms with E-state index in [0.717, 1.165) is 28.3 Å². The lowest BCUT2D eigenvalue weighted by atomic mass is 10.0. The molecule has 0 fully saturated rings. The fourth-order valence-corrected chi connectivity index (χ4v) is 3.36. The summed E-state index contributed by atoms with van der Waals surface area (Å²) in [5.74, 6) is 0. The van der Waals surface area contributed by atoms with Gasteiger partial charge in [-0.25, -0.2) is 4.98 Å². The molecule has 3 rings (SSSR count). The Kier molecular flexibility index (Phi) is 4.56. The van der Waals surface area contributed by atoms with Gasteiger partial charge in [0.05, 0.1) is 11.3 Å². The topological polar surface area (TPSA) is 24.9 Å². The van der Waals surface area contributed by atoms with Crippen molar-refractivity contribution in [2.45, 2.75) is 26.9 Å². The fourth-order valence-electron chi connectivity index (χ4n) is 2.50. The van der Waals surface area contributed by atoms with Gasteiger partial charge in [0.25, 0.3) is 0 Å². The molecule has 2 aromatic carbocycles. The summed E-state index contributed by atoms with van der Waals surface area (Å²) in [7, 11) is 0. The molecule has 0 unspecified atom stereocenters. The summed E-state index contributed by atoms with van der Waals surface area (Å²) >= 11 is 1.42. The number of thiazole rings is 1. The predicted molar refractivity (Wildman–Crippen MR) is 96.5 cm³/mol. The third-order valence-electron chi connectivity index (χ3n) is 4.02. The molecule has 0 atom stereocenters. The Bertz CT molecular complexity index is 913. The highest BCUT2D eigenvalue weighted by molar-refractivity contribution is 7.16. The van der Waals surface area contributed by atoms with Crippen molar-refractivity contribution in [2.24, 2.45) is 0 Å². The van der Waals surface area contributed by atoms with Gasteiger partial charge in [0, 0.05) is 16.1 Å². The third kappa shape index (κ3) is 3.85. The first-order valence-corrected chi connectivity index (χ1v) is 8.55. The molecule has 25 heavy (non-hydrogen) atoms. The normalized spacial score (nSPS) is 11.6. The van der Waals surface area contributed by atoms with Gasteiger partial charge in [0.1, 0.15) is 0 Å². The average molecular weight is 362 g/mol. The number of nitrogens with one attached hydrogen (secondary N) is 1. The van der Waals surface area contributed by atoms with Crippen LogP contribution in [0.2, 0.25) is 0 Å². The molecule has 0 radical (unpaired) electrons. The summed E-state index contributed by atoms with van der Waals surface area (Å²) in [4.78, 5) is 5.58. The average Bonchev–Trinajstić information content (AvgIpc) is 2.90. The lowest BCUT2D eigenvalue weighted by Crippen LogP contribution is -2.05. The molecule has 2 nitrogen and oxygen atoms in total. The molecule has 1 heterocycles. The summed E-state index contributed by atoms with van der Waals surface area (Å²) in [6.07, 6.45) is -4.36. The van der Waals surface area contributed by atoms with Crippen LogP contribution in [-0.2, 0) is 6.18 Å².